The highest BCUT2D eigenvalue weighted by atomic mass is 16.5. The fourth-order valence-corrected chi connectivity index (χ4v) is 3.23. The highest BCUT2D eigenvalue weighted by Crippen LogP contribution is 2.22. The summed E-state index contributed by atoms with van der Waals surface area (Å²) in [4.78, 5) is 37.6. The van der Waals surface area contributed by atoms with Crippen molar-refractivity contribution >= 4 is 22.6 Å². The molecule has 0 atom stereocenters. The quantitative estimate of drug-likeness (QED) is 0.581. The third kappa shape index (κ3) is 4.68. The van der Waals surface area contributed by atoms with Gasteiger partial charge in [-0.3, -0.25) is 4.79 Å². The number of amides is 1. The van der Waals surface area contributed by atoms with Gasteiger partial charge >= 0.3 is 11.6 Å². The van der Waals surface area contributed by atoms with Crippen molar-refractivity contribution in [3.05, 3.63) is 75.3 Å². The van der Waals surface area contributed by atoms with Crippen LogP contribution in [-0.2, 0) is 16.1 Å². The van der Waals surface area contributed by atoms with E-state index in [1.807, 2.05) is 36.4 Å². The third-order valence-corrected chi connectivity index (χ3v) is 4.82. The van der Waals surface area contributed by atoms with Crippen molar-refractivity contribution in [1.82, 2.24) is 4.90 Å². The summed E-state index contributed by atoms with van der Waals surface area (Å²) in [6.07, 6.45) is 0. The minimum Gasteiger partial charge on any atom is -0.497 e. The smallest absolute Gasteiger partial charge is 0.342 e. The van der Waals surface area contributed by atoms with Crippen LogP contribution in [0.3, 0.4) is 0 Å². The fraction of sp³-hybridized carbons (Fsp3) is 0.261. The van der Waals surface area contributed by atoms with Gasteiger partial charge in [-0.1, -0.05) is 18.2 Å². The van der Waals surface area contributed by atoms with Crippen molar-refractivity contribution in [3.63, 3.8) is 0 Å². The maximum atomic E-state index is 12.4. The lowest BCUT2D eigenvalue weighted by atomic mass is 10.1. The van der Waals surface area contributed by atoms with Crippen LogP contribution in [0.2, 0.25) is 0 Å². The molecule has 0 saturated heterocycles. The maximum Gasteiger partial charge on any atom is 0.342 e. The third-order valence-electron chi connectivity index (χ3n) is 4.82. The molecule has 2 aromatic carbocycles. The van der Waals surface area contributed by atoms with E-state index in [-0.39, 0.29) is 17.2 Å². The molecule has 7 heteroatoms. The number of carbonyl (C=O) groups excluding carboxylic acids is 2. The van der Waals surface area contributed by atoms with E-state index in [2.05, 4.69) is 0 Å². The van der Waals surface area contributed by atoms with Gasteiger partial charge in [0.1, 0.15) is 17.1 Å². The van der Waals surface area contributed by atoms with Crippen molar-refractivity contribution in [2.45, 2.75) is 20.4 Å². The molecule has 0 N–H and O–H groups in total. The van der Waals surface area contributed by atoms with Crippen LogP contribution in [-0.4, -0.2) is 37.5 Å². The lowest BCUT2D eigenvalue weighted by Crippen LogP contribution is -2.31. The van der Waals surface area contributed by atoms with Crippen LogP contribution in [0.25, 0.3) is 10.8 Å². The van der Waals surface area contributed by atoms with E-state index >= 15 is 0 Å². The maximum absolute atomic E-state index is 12.4. The second-order valence-electron chi connectivity index (χ2n) is 7.05. The van der Waals surface area contributed by atoms with Crippen LogP contribution in [0.5, 0.6) is 5.75 Å². The Labute approximate surface area is 173 Å². The van der Waals surface area contributed by atoms with Crippen LogP contribution in [0.4, 0.5) is 0 Å². The number of rotatable bonds is 6. The van der Waals surface area contributed by atoms with E-state index in [9.17, 15) is 14.4 Å². The second-order valence-corrected chi connectivity index (χ2v) is 7.05. The van der Waals surface area contributed by atoms with Gasteiger partial charge in [-0.2, -0.15) is 0 Å². The molecule has 0 fully saturated rings. The number of fused-ring (bicyclic) bond motifs is 1. The van der Waals surface area contributed by atoms with Crippen LogP contribution < -0.4 is 10.4 Å². The zero-order valence-corrected chi connectivity index (χ0v) is 17.4. The Kier molecular flexibility index (Phi) is 6.20. The topological polar surface area (TPSA) is 86.0 Å². The van der Waals surface area contributed by atoms with Gasteiger partial charge in [-0.15, -0.1) is 0 Å². The Morgan fingerprint density at radius 2 is 1.73 bits per heavy atom. The van der Waals surface area contributed by atoms with Crippen molar-refractivity contribution in [2.24, 2.45) is 0 Å². The van der Waals surface area contributed by atoms with Crippen molar-refractivity contribution in [2.75, 3.05) is 20.8 Å². The van der Waals surface area contributed by atoms with E-state index in [1.54, 1.807) is 21.1 Å². The van der Waals surface area contributed by atoms with E-state index in [1.165, 1.54) is 17.9 Å². The van der Waals surface area contributed by atoms with Crippen LogP contribution in [0.1, 0.15) is 27.2 Å². The van der Waals surface area contributed by atoms with Gasteiger partial charge < -0.3 is 18.8 Å². The van der Waals surface area contributed by atoms with E-state index < -0.39 is 18.2 Å². The average Bonchev–Trinajstić information content (AvgIpc) is 2.70. The lowest BCUT2D eigenvalue weighted by molar-refractivity contribution is -0.133. The molecular formula is C23H23NO6. The van der Waals surface area contributed by atoms with Crippen molar-refractivity contribution < 1.29 is 23.5 Å². The number of hydrogen-bond donors (Lipinski definition) is 0. The summed E-state index contributed by atoms with van der Waals surface area (Å²) < 4.78 is 15.3. The Morgan fingerprint density at radius 1 is 1.03 bits per heavy atom. The van der Waals surface area contributed by atoms with E-state index in [0.717, 1.165) is 22.1 Å². The standard InChI is InChI=1S/C23H23NO6/c1-14-9-21(26)30-15(2)22(14)23(27)29-13-20(25)24(3)12-16-5-6-18-11-19(28-4)8-7-17(18)10-16/h5-11H,12-13H2,1-4H3. The molecule has 0 unspecified atom stereocenters. The summed E-state index contributed by atoms with van der Waals surface area (Å²) in [6.45, 7) is 3.09. The number of esters is 1. The molecule has 1 heterocycles. The first-order valence-electron chi connectivity index (χ1n) is 9.37. The van der Waals surface area contributed by atoms with Gasteiger partial charge in [0.2, 0.25) is 0 Å². The molecule has 3 rings (SSSR count). The first kappa shape index (κ1) is 21.1. The normalized spacial score (nSPS) is 10.7. The number of methoxy groups -OCH3 is 1. The Morgan fingerprint density at radius 3 is 2.43 bits per heavy atom. The zero-order valence-electron chi connectivity index (χ0n) is 17.4. The number of hydrogen-bond acceptors (Lipinski definition) is 6. The molecule has 7 nitrogen and oxygen atoms in total. The largest absolute Gasteiger partial charge is 0.497 e. The van der Waals surface area contributed by atoms with Crippen molar-refractivity contribution in [3.8, 4) is 5.75 Å². The summed E-state index contributed by atoms with van der Waals surface area (Å²) in [7, 11) is 3.27. The van der Waals surface area contributed by atoms with Gasteiger partial charge in [-0.25, -0.2) is 9.59 Å². The Hall–Kier alpha value is -3.61. The number of likely N-dealkylation sites (N-methyl/N-ethyl adjacent to an activating group) is 1. The van der Waals surface area contributed by atoms with E-state index in [4.69, 9.17) is 13.9 Å². The van der Waals surface area contributed by atoms with Gasteiger partial charge in [-0.05, 0) is 53.9 Å². The Bertz CT molecular complexity index is 1140. The first-order valence-corrected chi connectivity index (χ1v) is 9.37. The number of ether oxygens (including phenoxy) is 2. The van der Waals surface area contributed by atoms with Crippen LogP contribution in [0.15, 0.2) is 51.7 Å². The highest BCUT2D eigenvalue weighted by Gasteiger charge is 2.19. The molecule has 0 saturated carbocycles. The Balaban J connectivity index is 1.63. The summed E-state index contributed by atoms with van der Waals surface area (Å²) in [6, 6.07) is 12.9. The molecule has 0 aliphatic rings. The molecule has 0 spiro atoms. The molecule has 1 amide bonds. The highest BCUT2D eigenvalue weighted by molar-refractivity contribution is 5.93. The van der Waals surface area contributed by atoms with Gasteiger partial charge in [0.05, 0.1) is 7.11 Å². The predicted octanol–water partition coefficient (Wildman–Crippen LogP) is 3.23. The summed E-state index contributed by atoms with van der Waals surface area (Å²) in [5.74, 6) is -0.0906. The molecule has 0 radical (unpaired) electrons. The van der Waals surface area contributed by atoms with Gasteiger partial charge in [0.25, 0.3) is 5.91 Å². The number of carbonyl (C=O) groups is 2. The number of benzene rings is 2. The van der Waals surface area contributed by atoms with E-state index in [0.29, 0.717) is 12.1 Å². The van der Waals surface area contributed by atoms with Crippen LogP contribution >= 0.6 is 0 Å². The first-order chi connectivity index (χ1) is 14.3. The monoisotopic (exact) mass is 409 g/mol. The molecule has 156 valence electrons. The average molecular weight is 409 g/mol. The van der Waals surface area contributed by atoms with Crippen molar-refractivity contribution in [1.29, 1.82) is 0 Å². The number of nitrogens with zero attached hydrogens (tertiary/aromatic N) is 1. The molecule has 30 heavy (non-hydrogen) atoms. The molecule has 0 aliphatic heterocycles. The lowest BCUT2D eigenvalue weighted by Gasteiger charge is -2.18. The van der Waals surface area contributed by atoms with Crippen LogP contribution in [0, 0.1) is 13.8 Å². The zero-order chi connectivity index (χ0) is 21.8. The molecule has 1 aromatic heterocycles. The molecular weight excluding hydrogens is 386 g/mol. The molecule has 0 aliphatic carbocycles. The molecule has 0 bridgehead atoms. The number of aryl methyl sites for hydroxylation is 2. The van der Waals surface area contributed by atoms with Gasteiger partial charge in [0.15, 0.2) is 6.61 Å². The predicted molar refractivity (Wildman–Crippen MR) is 112 cm³/mol. The molecule has 3 aromatic rings. The fourth-order valence-electron chi connectivity index (χ4n) is 3.23. The SMILES string of the molecule is COc1ccc2cc(CN(C)C(=O)COC(=O)c3c(C)cc(=O)oc3C)ccc2c1. The minimum absolute atomic E-state index is 0.162. The summed E-state index contributed by atoms with van der Waals surface area (Å²) >= 11 is 0. The van der Waals surface area contributed by atoms with Gasteiger partial charge in [0, 0.05) is 19.7 Å². The summed E-state index contributed by atoms with van der Waals surface area (Å²) in [5.41, 5.74) is 1.02. The summed E-state index contributed by atoms with van der Waals surface area (Å²) in [5, 5.41) is 2.08. The second kappa shape index (κ2) is 8.82. The minimum atomic E-state index is -0.699.